The predicted octanol–water partition coefficient (Wildman–Crippen LogP) is 3.26. The molecular formula is C12H14ClNO. The molecule has 0 atom stereocenters. The summed E-state index contributed by atoms with van der Waals surface area (Å²) in [6.45, 7) is 0. The molecule has 1 saturated carbocycles. The summed E-state index contributed by atoms with van der Waals surface area (Å²) in [6.07, 6.45) is 3.23. The molecule has 0 aliphatic heterocycles. The summed E-state index contributed by atoms with van der Waals surface area (Å²) in [7, 11) is 0. The maximum absolute atomic E-state index is 11.1. The minimum Gasteiger partial charge on any atom is -0.381 e. The number of rotatable bonds is 2. The number of Topliss-reactive ketones (excluding diaryl/α,β-unsaturated/α-hetero) is 1. The lowest BCUT2D eigenvalue weighted by Gasteiger charge is -2.23. The Bertz CT molecular complexity index is 354. The molecule has 0 radical (unpaired) electrons. The molecule has 1 N–H and O–H groups in total. The number of benzene rings is 1. The Hall–Kier alpha value is -1.02. The van der Waals surface area contributed by atoms with Crippen molar-refractivity contribution in [1.82, 2.24) is 0 Å². The zero-order valence-corrected chi connectivity index (χ0v) is 9.26. The Kier molecular flexibility index (Phi) is 3.27. The Morgan fingerprint density at radius 2 is 1.87 bits per heavy atom. The van der Waals surface area contributed by atoms with Gasteiger partial charge in [-0.1, -0.05) is 23.7 Å². The lowest BCUT2D eigenvalue weighted by Crippen LogP contribution is -2.26. The summed E-state index contributed by atoms with van der Waals surface area (Å²) >= 11 is 6.04. The zero-order chi connectivity index (χ0) is 10.7. The first kappa shape index (κ1) is 10.5. The number of nitrogens with one attached hydrogen (secondary N) is 1. The first-order chi connectivity index (χ1) is 7.25. The van der Waals surface area contributed by atoms with Crippen molar-refractivity contribution in [3.8, 4) is 0 Å². The fraction of sp³-hybridized carbons (Fsp3) is 0.417. The van der Waals surface area contributed by atoms with E-state index >= 15 is 0 Å². The number of ketones is 1. The van der Waals surface area contributed by atoms with E-state index in [2.05, 4.69) is 5.32 Å². The molecule has 0 saturated heterocycles. The van der Waals surface area contributed by atoms with E-state index in [0.29, 0.717) is 24.7 Å². The molecule has 0 heterocycles. The molecule has 0 aromatic heterocycles. The summed E-state index contributed by atoms with van der Waals surface area (Å²) in [5, 5.41) is 4.13. The van der Waals surface area contributed by atoms with Gasteiger partial charge in [-0.3, -0.25) is 4.79 Å². The van der Waals surface area contributed by atoms with Gasteiger partial charge in [0.2, 0.25) is 0 Å². The highest BCUT2D eigenvalue weighted by molar-refractivity contribution is 6.33. The van der Waals surface area contributed by atoms with Crippen molar-refractivity contribution < 1.29 is 4.79 Å². The quantitative estimate of drug-likeness (QED) is 0.834. The van der Waals surface area contributed by atoms with Crippen molar-refractivity contribution in [2.24, 2.45) is 0 Å². The molecule has 2 rings (SSSR count). The smallest absolute Gasteiger partial charge is 0.133 e. The van der Waals surface area contributed by atoms with Crippen LogP contribution in [0.2, 0.25) is 5.02 Å². The molecule has 80 valence electrons. The number of hydrogen-bond donors (Lipinski definition) is 1. The summed E-state index contributed by atoms with van der Waals surface area (Å²) < 4.78 is 0. The van der Waals surface area contributed by atoms with Crippen LogP contribution >= 0.6 is 11.6 Å². The van der Waals surface area contributed by atoms with Gasteiger partial charge in [0.1, 0.15) is 5.78 Å². The largest absolute Gasteiger partial charge is 0.381 e. The topological polar surface area (TPSA) is 29.1 Å². The highest BCUT2D eigenvalue weighted by Gasteiger charge is 2.18. The summed E-state index contributed by atoms with van der Waals surface area (Å²) in [5.74, 6) is 0.382. The molecule has 0 spiro atoms. The average molecular weight is 224 g/mol. The van der Waals surface area contributed by atoms with Gasteiger partial charge in [0.15, 0.2) is 0 Å². The number of para-hydroxylation sites is 1. The molecule has 1 aliphatic carbocycles. The van der Waals surface area contributed by atoms with E-state index in [1.165, 1.54) is 0 Å². The van der Waals surface area contributed by atoms with Crippen LogP contribution in [0.5, 0.6) is 0 Å². The van der Waals surface area contributed by atoms with E-state index in [0.717, 1.165) is 23.6 Å². The fourth-order valence-corrected chi connectivity index (χ4v) is 2.07. The van der Waals surface area contributed by atoms with Crippen LogP contribution in [-0.4, -0.2) is 11.8 Å². The van der Waals surface area contributed by atoms with Gasteiger partial charge in [0, 0.05) is 18.9 Å². The van der Waals surface area contributed by atoms with Crippen LogP contribution in [-0.2, 0) is 4.79 Å². The molecule has 1 aliphatic rings. The predicted molar refractivity (Wildman–Crippen MR) is 62.3 cm³/mol. The number of anilines is 1. The monoisotopic (exact) mass is 223 g/mol. The third-order valence-electron chi connectivity index (χ3n) is 2.78. The van der Waals surface area contributed by atoms with Crippen LogP contribution in [0.25, 0.3) is 0 Å². The van der Waals surface area contributed by atoms with Gasteiger partial charge in [-0.2, -0.15) is 0 Å². The number of carbonyl (C=O) groups excluding carboxylic acids is 1. The molecule has 3 heteroatoms. The maximum atomic E-state index is 11.1. The Morgan fingerprint density at radius 1 is 1.20 bits per heavy atom. The molecule has 1 aromatic rings. The van der Waals surface area contributed by atoms with Gasteiger partial charge in [0.25, 0.3) is 0 Å². The van der Waals surface area contributed by atoms with Crippen molar-refractivity contribution in [3.63, 3.8) is 0 Å². The van der Waals surface area contributed by atoms with Gasteiger partial charge >= 0.3 is 0 Å². The maximum Gasteiger partial charge on any atom is 0.133 e. The summed E-state index contributed by atoms with van der Waals surface area (Å²) in [6, 6.07) is 8.11. The van der Waals surface area contributed by atoms with Crippen molar-refractivity contribution in [2.45, 2.75) is 31.7 Å². The van der Waals surface area contributed by atoms with Crippen LogP contribution in [0.1, 0.15) is 25.7 Å². The summed E-state index contributed by atoms with van der Waals surface area (Å²) in [5.41, 5.74) is 0.971. The molecule has 2 nitrogen and oxygen atoms in total. The second-order valence-corrected chi connectivity index (χ2v) is 4.34. The van der Waals surface area contributed by atoms with Crippen molar-refractivity contribution in [3.05, 3.63) is 29.3 Å². The number of halogens is 1. The van der Waals surface area contributed by atoms with E-state index in [1.54, 1.807) is 0 Å². The van der Waals surface area contributed by atoms with Crippen LogP contribution in [0.4, 0.5) is 5.69 Å². The minimum absolute atomic E-state index is 0.382. The van der Waals surface area contributed by atoms with Crippen molar-refractivity contribution >= 4 is 23.1 Å². The fourth-order valence-electron chi connectivity index (χ4n) is 1.88. The minimum atomic E-state index is 0.382. The van der Waals surface area contributed by atoms with Gasteiger partial charge in [-0.15, -0.1) is 0 Å². The average Bonchev–Trinajstić information content (AvgIpc) is 2.25. The first-order valence-corrected chi connectivity index (χ1v) is 5.66. The number of carbonyl (C=O) groups is 1. The number of hydrogen-bond acceptors (Lipinski definition) is 2. The van der Waals surface area contributed by atoms with Crippen LogP contribution in [0.15, 0.2) is 24.3 Å². The highest BCUT2D eigenvalue weighted by Crippen LogP contribution is 2.25. The second kappa shape index (κ2) is 4.67. The molecule has 0 bridgehead atoms. The van der Waals surface area contributed by atoms with Crippen molar-refractivity contribution in [2.75, 3.05) is 5.32 Å². The van der Waals surface area contributed by atoms with Gasteiger partial charge in [0.05, 0.1) is 10.7 Å². The van der Waals surface area contributed by atoms with Gasteiger partial charge < -0.3 is 5.32 Å². The standard InChI is InChI=1S/C12H14ClNO/c13-11-3-1-2-4-12(11)14-9-5-7-10(15)8-6-9/h1-4,9,14H,5-8H2. The summed E-state index contributed by atoms with van der Waals surface area (Å²) in [4.78, 5) is 11.1. The van der Waals surface area contributed by atoms with Crippen LogP contribution < -0.4 is 5.32 Å². The van der Waals surface area contributed by atoms with E-state index < -0.39 is 0 Å². The Morgan fingerprint density at radius 3 is 2.53 bits per heavy atom. The highest BCUT2D eigenvalue weighted by atomic mass is 35.5. The first-order valence-electron chi connectivity index (χ1n) is 5.28. The Balaban J connectivity index is 1.97. The SMILES string of the molecule is O=C1CCC(Nc2ccccc2Cl)CC1. The van der Waals surface area contributed by atoms with Crippen LogP contribution in [0.3, 0.4) is 0 Å². The lowest BCUT2D eigenvalue weighted by molar-refractivity contribution is -0.120. The lowest BCUT2D eigenvalue weighted by atomic mass is 9.94. The van der Waals surface area contributed by atoms with E-state index in [1.807, 2.05) is 24.3 Å². The molecule has 0 amide bonds. The molecule has 1 aromatic carbocycles. The second-order valence-electron chi connectivity index (χ2n) is 3.94. The Labute approximate surface area is 94.6 Å². The van der Waals surface area contributed by atoms with Crippen molar-refractivity contribution in [1.29, 1.82) is 0 Å². The third-order valence-corrected chi connectivity index (χ3v) is 3.11. The normalized spacial score (nSPS) is 17.8. The molecule has 1 fully saturated rings. The zero-order valence-electron chi connectivity index (χ0n) is 8.50. The molecular weight excluding hydrogens is 210 g/mol. The molecule has 0 unspecified atom stereocenters. The van der Waals surface area contributed by atoms with Gasteiger partial charge in [-0.25, -0.2) is 0 Å². The van der Waals surface area contributed by atoms with Gasteiger partial charge in [-0.05, 0) is 25.0 Å². The van der Waals surface area contributed by atoms with E-state index in [-0.39, 0.29) is 0 Å². The third kappa shape index (κ3) is 2.72. The van der Waals surface area contributed by atoms with Crippen LogP contribution in [0, 0.1) is 0 Å². The molecule has 15 heavy (non-hydrogen) atoms. The van der Waals surface area contributed by atoms with E-state index in [4.69, 9.17) is 11.6 Å². The van der Waals surface area contributed by atoms with E-state index in [9.17, 15) is 4.79 Å².